The number of nitro benzene ring substituents is 1. The number of benzene rings is 1. The smallest absolute Gasteiger partial charge is 0.261 e. The molecule has 0 bridgehead atoms. The average Bonchev–Trinajstić information content (AvgIpc) is 3.12. The van der Waals surface area contributed by atoms with Crippen LogP contribution in [0, 0.1) is 21.4 Å². The fourth-order valence-electron chi connectivity index (χ4n) is 4.00. The highest BCUT2D eigenvalue weighted by Gasteiger charge is 2.33. The fraction of sp³-hybridized carbons (Fsp3) is 0.409. The third kappa shape index (κ3) is 3.92. The number of thiophene rings is 1. The van der Waals surface area contributed by atoms with Crippen molar-refractivity contribution >= 4 is 39.3 Å². The summed E-state index contributed by atoms with van der Waals surface area (Å²) in [5.41, 5.74) is 5.58. The van der Waals surface area contributed by atoms with E-state index >= 15 is 0 Å². The van der Waals surface area contributed by atoms with Crippen molar-refractivity contribution in [1.29, 1.82) is 0 Å². The molecule has 156 valence electrons. The van der Waals surface area contributed by atoms with Crippen molar-refractivity contribution in [1.82, 2.24) is 9.97 Å². The Hall–Kier alpha value is -2.87. The van der Waals surface area contributed by atoms with Crippen LogP contribution in [0.1, 0.15) is 49.6 Å². The second-order valence-electron chi connectivity index (χ2n) is 8.41. The summed E-state index contributed by atoms with van der Waals surface area (Å²) < 4.78 is 0. The molecule has 0 saturated heterocycles. The monoisotopic (exact) mass is 423 g/mol. The first kappa shape index (κ1) is 20.4. The Labute approximate surface area is 179 Å². The second kappa shape index (κ2) is 8.10. The highest BCUT2D eigenvalue weighted by molar-refractivity contribution is 7.19. The number of fused-ring (bicyclic) bond motifs is 3. The van der Waals surface area contributed by atoms with Crippen LogP contribution in [-0.2, 0) is 12.8 Å². The number of nitrogens with zero attached hydrogens (tertiary/aromatic N) is 4. The topological polar surface area (TPSA) is 93.3 Å². The van der Waals surface area contributed by atoms with Gasteiger partial charge in [-0.15, -0.1) is 11.3 Å². The van der Waals surface area contributed by atoms with Gasteiger partial charge in [-0.05, 0) is 53.9 Å². The summed E-state index contributed by atoms with van der Waals surface area (Å²) in [5, 5.41) is 16.2. The van der Waals surface area contributed by atoms with Crippen LogP contribution < -0.4 is 5.43 Å². The molecule has 0 fully saturated rings. The second-order valence-corrected chi connectivity index (χ2v) is 9.49. The van der Waals surface area contributed by atoms with Gasteiger partial charge in [0.1, 0.15) is 11.2 Å². The molecule has 7 nitrogen and oxygen atoms in total. The van der Waals surface area contributed by atoms with Crippen LogP contribution in [-0.4, -0.2) is 21.1 Å². The number of rotatable bonds is 6. The zero-order valence-electron chi connectivity index (χ0n) is 17.4. The lowest BCUT2D eigenvalue weighted by Gasteiger charge is -2.36. The minimum Gasteiger partial charge on any atom is -0.261 e. The highest BCUT2D eigenvalue weighted by atomic mass is 32.1. The van der Waals surface area contributed by atoms with E-state index in [1.54, 1.807) is 36.0 Å². The standard InChI is InChI=1S/C22H25N5O2S/c1-4-22(2,3)15-7-10-18-17(11-15)19-20(23-13-24-21(19)30-18)26-25-12-14-5-8-16(9-6-14)27(28)29/h5-6,8-9,12-13,15H,4,7,10-11H2,1-3H3,(H,23,24,26)/b25-12+. The maximum Gasteiger partial charge on any atom is 0.269 e. The Morgan fingerprint density at radius 3 is 2.80 bits per heavy atom. The predicted molar refractivity (Wildman–Crippen MR) is 121 cm³/mol. The maximum atomic E-state index is 10.8. The third-order valence-electron chi connectivity index (χ3n) is 6.35. The molecule has 1 N–H and O–H groups in total. The van der Waals surface area contributed by atoms with Crippen molar-refractivity contribution < 1.29 is 4.92 Å². The molecule has 2 aromatic heterocycles. The van der Waals surface area contributed by atoms with Crippen molar-refractivity contribution in [2.75, 3.05) is 5.43 Å². The Balaban J connectivity index is 1.59. The molecule has 0 spiro atoms. The van der Waals surface area contributed by atoms with Gasteiger partial charge in [-0.2, -0.15) is 5.10 Å². The molecule has 1 atom stereocenters. The summed E-state index contributed by atoms with van der Waals surface area (Å²) in [6, 6.07) is 6.27. The van der Waals surface area contributed by atoms with Gasteiger partial charge in [-0.3, -0.25) is 15.5 Å². The molecule has 1 aliphatic rings. The molecule has 1 unspecified atom stereocenters. The van der Waals surface area contributed by atoms with E-state index in [0.29, 0.717) is 17.2 Å². The Morgan fingerprint density at radius 1 is 1.33 bits per heavy atom. The maximum absolute atomic E-state index is 10.8. The lowest BCUT2D eigenvalue weighted by molar-refractivity contribution is -0.384. The normalized spacial score (nSPS) is 16.7. The number of nitro groups is 1. The number of hydrogen-bond donors (Lipinski definition) is 1. The summed E-state index contributed by atoms with van der Waals surface area (Å²) in [7, 11) is 0. The van der Waals surface area contributed by atoms with E-state index < -0.39 is 4.92 Å². The number of nitrogens with one attached hydrogen (secondary N) is 1. The van der Waals surface area contributed by atoms with Crippen LogP contribution in [0.3, 0.4) is 0 Å². The molecule has 4 rings (SSSR count). The third-order valence-corrected chi connectivity index (χ3v) is 7.55. The van der Waals surface area contributed by atoms with Crippen molar-refractivity contribution in [3.8, 4) is 0 Å². The highest BCUT2D eigenvalue weighted by Crippen LogP contribution is 2.45. The quantitative estimate of drug-likeness (QED) is 0.317. The Bertz CT molecular complexity index is 1100. The largest absolute Gasteiger partial charge is 0.269 e. The number of aryl methyl sites for hydroxylation is 1. The molecule has 1 aromatic carbocycles. The molecule has 3 aromatic rings. The van der Waals surface area contributed by atoms with Gasteiger partial charge in [-0.1, -0.05) is 27.2 Å². The number of non-ortho nitro benzene ring substituents is 1. The zero-order chi connectivity index (χ0) is 21.3. The van der Waals surface area contributed by atoms with E-state index in [1.165, 1.54) is 29.0 Å². The van der Waals surface area contributed by atoms with Gasteiger partial charge < -0.3 is 0 Å². The average molecular weight is 424 g/mol. The fourth-order valence-corrected chi connectivity index (χ4v) is 5.18. The van der Waals surface area contributed by atoms with Crippen molar-refractivity contribution in [2.45, 2.75) is 46.5 Å². The molecular weight excluding hydrogens is 398 g/mol. The van der Waals surface area contributed by atoms with E-state index in [-0.39, 0.29) is 5.69 Å². The van der Waals surface area contributed by atoms with Crippen LogP contribution >= 0.6 is 11.3 Å². The molecule has 2 heterocycles. The van der Waals surface area contributed by atoms with E-state index in [1.807, 2.05) is 0 Å². The van der Waals surface area contributed by atoms with E-state index in [4.69, 9.17) is 0 Å². The summed E-state index contributed by atoms with van der Waals surface area (Å²) >= 11 is 1.76. The first-order valence-electron chi connectivity index (χ1n) is 10.2. The lowest BCUT2D eigenvalue weighted by atomic mass is 9.69. The summed E-state index contributed by atoms with van der Waals surface area (Å²) in [4.78, 5) is 21.7. The lowest BCUT2D eigenvalue weighted by Crippen LogP contribution is -2.28. The summed E-state index contributed by atoms with van der Waals surface area (Å²) in [6.07, 6.45) is 7.73. The van der Waals surface area contributed by atoms with Crippen LogP contribution in [0.2, 0.25) is 0 Å². The molecule has 8 heteroatoms. The Kier molecular flexibility index (Phi) is 5.51. The van der Waals surface area contributed by atoms with E-state index in [9.17, 15) is 10.1 Å². The first-order valence-corrected chi connectivity index (χ1v) is 11.0. The van der Waals surface area contributed by atoms with Crippen LogP contribution in [0.15, 0.2) is 35.7 Å². The minimum absolute atomic E-state index is 0.0621. The molecule has 0 amide bonds. The summed E-state index contributed by atoms with van der Waals surface area (Å²) in [6.45, 7) is 6.99. The SMILES string of the molecule is CCC(C)(C)C1CCc2sc3ncnc(N/N=C/c4ccc([N+](=O)[O-])cc4)c3c2C1. The van der Waals surface area contributed by atoms with E-state index in [0.717, 1.165) is 35.0 Å². The number of hydrogen-bond acceptors (Lipinski definition) is 7. The Morgan fingerprint density at radius 2 is 2.10 bits per heavy atom. The van der Waals surface area contributed by atoms with Crippen LogP contribution in [0.4, 0.5) is 11.5 Å². The first-order chi connectivity index (χ1) is 14.4. The number of hydrazone groups is 1. The van der Waals surface area contributed by atoms with Crippen LogP contribution in [0.25, 0.3) is 10.2 Å². The molecule has 0 saturated carbocycles. The van der Waals surface area contributed by atoms with Crippen LogP contribution in [0.5, 0.6) is 0 Å². The zero-order valence-corrected chi connectivity index (χ0v) is 18.2. The number of anilines is 1. The van der Waals surface area contributed by atoms with Gasteiger partial charge in [0, 0.05) is 17.0 Å². The van der Waals surface area contributed by atoms with E-state index in [2.05, 4.69) is 41.3 Å². The molecule has 30 heavy (non-hydrogen) atoms. The molecule has 1 aliphatic carbocycles. The number of aromatic nitrogens is 2. The molecule has 0 radical (unpaired) electrons. The van der Waals surface area contributed by atoms with Crippen molar-refractivity contribution in [2.24, 2.45) is 16.4 Å². The van der Waals surface area contributed by atoms with Gasteiger partial charge in [0.2, 0.25) is 0 Å². The van der Waals surface area contributed by atoms with Crippen molar-refractivity contribution in [3.63, 3.8) is 0 Å². The molecule has 0 aliphatic heterocycles. The minimum atomic E-state index is -0.413. The van der Waals surface area contributed by atoms with Gasteiger partial charge in [0.05, 0.1) is 16.5 Å². The van der Waals surface area contributed by atoms with Gasteiger partial charge in [0.25, 0.3) is 5.69 Å². The van der Waals surface area contributed by atoms with Gasteiger partial charge >= 0.3 is 0 Å². The predicted octanol–water partition coefficient (Wildman–Crippen LogP) is 5.59. The van der Waals surface area contributed by atoms with Crippen molar-refractivity contribution in [3.05, 3.63) is 56.7 Å². The van der Waals surface area contributed by atoms with Gasteiger partial charge in [0.15, 0.2) is 5.82 Å². The summed E-state index contributed by atoms with van der Waals surface area (Å²) in [5.74, 6) is 1.36. The van der Waals surface area contributed by atoms with Gasteiger partial charge in [-0.25, -0.2) is 9.97 Å². The molecular formula is C22H25N5O2S.